The molecular weight excluding hydrogens is 536 g/mol. The van der Waals surface area contributed by atoms with Crippen molar-refractivity contribution in [3.05, 3.63) is 131 Å². The highest BCUT2D eigenvalue weighted by molar-refractivity contribution is 5.91. The molecule has 43 heavy (non-hydrogen) atoms. The summed E-state index contributed by atoms with van der Waals surface area (Å²) < 4.78 is 1.72. The van der Waals surface area contributed by atoms with Crippen molar-refractivity contribution < 1.29 is 5.11 Å². The molecule has 1 aliphatic heterocycles. The van der Waals surface area contributed by atoms with Crippen LogP contribution in [0, 0.1) is 6.92 Å². The van der Waals surface area contributed by atoms with Gasteiger partial charge in [-0.1, -0.05) is 48.5 Å². The summed E-state index contributed by atoms with van der Waals surface area (Å²) in [4.78, 5) is 27.0. The molecule has 1 saturated heterocycles. The number of hydrogen-bond acceptors (Lipinski definition) is 6. The lowest BCUT2D eigenvalue weighted by molar-refractivity contribution is -0.0277. The number of aromatic amines is 1. The van der Waals surface area contributed by atoms with Gasteiger partial charge in [-0.3, -0.25) is 9.69 Å². The van der Waals surface area contributed by atoms with Gasteiger partial charge < -0.3 is 10.1 Å². The van der Waals surface area contributed by atoms with E-state index >= 15 is 0 Å². The molecule has 7 rings (SSSR count). The minimum atomic E-state index is -0.903. The van der Waals surface area contributed by atoms with Crippen molar-refractivity contribution in [2.75, 3.05) is 13.1 Å². The second-order valence-electron chi connectivity index (χ2n) is 11.3. The fourth-order valence-corrected chi connectivity index (χ4v) is 5.98. The smallest absolute Gasteiger partial charge is 0.257 e. The van der Waals surface area contributed by atoms with E-state index in [1.54, 1.807) is 23.3 Å². The van der Waals surface area contributed by atoms with Crippen LogP contribution in [0.4, 0.5) is 0 Å². The van der Waals surface area contributed by atoms with Gasteiger partial charge in [0, 0.05) is 54.9 Å². The molecule has 0 amide bonds. The molecule has 0 bridgehead atoms. The highest BCUT2D eigenvalue weighted by Gasteiger charge is 2.35. The van der Waals surface area contributed by atoms with Crippen LogP contribution in [-0.4, -0.2) is 47.8 Å². The molecule has 0 saturated carbocycles. The number of aliphatic hydroxyl groups is 1. The van der Waals surface area contributed by atoms with Crippen molar-refractivity contribution >= 4 is 10.9 Å². The van der Waals surface area contributed by atoms with E-state index in [-0.39, 0.29) is 5.56 Å². The average molecular weight is 569 g/mol. The quantitative estimate of drug-likeness (QED) is 0.270. The van der Waals surface area contributed by atoms with E-state index in [0.29, 0.717) is 23.7 Å². The molecule has 1 fully saturated rings. The van der Waals surface area contributed by atoms with Gasteiger partial charge in [0.2, 0.25) is 0 Å². The number of nitrogens with zero attached hydrogens (tertiary/aromatic N) is 5. The third kappa shape index (κ3) is 5.27. The Labute approximate surface area is 249 Å². The van der Waals surface area contributed by atoms with E-state index < -0.39 is 5.60 Å². The highest BCUT2D eigenvalue weighted by Crippen LogP contribution is 2.35. The zero-order chi connectivity index (χ0) is 29.4. The summed E-state index contributed by atoms with van der Waals surface area (Å²) in [6, 6.07) is 26.1. The van der Waals surface area contributed by atoms with Gasteiger partial charge in [-0.05, 0) is 66.8 Å². The normalized spacial score (nSPS) is 15.1. The van der Waals surface area contributed by atoms with Gasteiger partial charge in [0.1, 0.15) is 0 Å². The van der Waals surface area contributed by atoms with E-state index in [2.05, 4.69) is 45.1 Å². The van der Waals surface area contributed by atoms with Crippen molar-refractivity contribution in [1.82, 2.24) is 29.6 Å². The van der Waals surface area contributed by atoms with E-state index in [1.807, 2.05) is 66.9 Å². The van der Waals surface area contributed by atoms with Crippen LogP contribution >= 0.6 is 0 Å². The van der Waals surface area contributed by atoms with Gasteiger partial charge in [0.15, 0.2) is 5.82 Å². The van der Waals surface area contributed by atoms with Crippen LogP contribution in [0.5, 0.6) is 0 Å². The largest absolute Gasteiger partial charge is 0.385 e. The Balaban J connectivity index is 1.10. The number of likely N-dealkylation sites (tertiary alicyclic amines) is 1. The van der Waals surface area contributed by atoms with Crippen molar-refractivity contribution in [2.45, 2.75) is 31.9 Å². The Morgan fingerprint density at radius 1 is 0.953 bits per heavy atom. The standard InChI is InChI=1S/C35H32N6O2/c1-24-19-26(33-29(25-7-3-2-4-8-25)20-30-31(39-33)12-16-37-34(30)42)10-11-27(24)22-40-17-13-35(43,14-18-40)28-21-38-41(23-28)32-9-5-6-15-36-32/h2-12,15-16,19-21,23,43H,13-14,17-18,22H2,1H3,(H,37,42). The second kappa shape index (κ2) is 11.1. The van der Waals surface area contributed by atoms with E-state index in [4.69, 9.17) is 4.98 Å². The molecule has 2 aromatic carbocycles. The third-order valence-electron chi connectivity index (χ3n) is 8.53. The Hall–Kier alpha value is -4.92. The summed E-state index contributed by atoms with van der Waals surface area (Å²) >= 11 is 0. The fourth-order valence-electron chi connectivity index (χ4n) is 5.98. The first-order valence-corrected chi connectivity index (χ1v) is 14.6. The zero-order valence-electron chi connectivity index (χ0n) is 23.9. The van der Waals surface area contributed by atoms with Crippen molar-refractivity contribution in [1.29, 1.82) is 0 Å². The predicted molar refractivity (Wildman–Crippen MR) is 168 cm³/mol. The minimum absolute atomic E-state index is 0.143. The Bertz CT molecular complexity index is 1960. The Kier molecular flexibility index (Phi) is 6.93. The minimum Gasteiger partial charge on any atom is -0.385 e. The molecule has 6 aromatic rings. The molecule has 0 unspecified atom stereocenters. The molecule has 8 heteroatoms. The number of aryl methyl sites for hydroxylation is 1. The molecular formula is C35H32N6O2. The number of rotatable bonds is 6. The molecule has 0 radical (unpaired) electrons. The van der Waals surface area contributed by atoms with Crippen LogP contribution in [-0.2, 0) is 12.1 Å². The van der Waals surface area contributed by atoms with E-state index in [9.17, 15) is 9.90 Å². The van der Waals surface area contributed by atoms with E-state index in [1.165, 1.54) is 11.1 Å². The van der Waals surface area contributed by atoms with E-state index in [0.717, 1.165) is 53.4 Å². The first kappa shape index (κ1) is 26.9. The number of fused-ring (bicyclic) bond motifs is 1. The van der Waals surface area contributed by atoms with Crippen LogP contribution in [0.3, 0.4) is 0 Å². The SMILES string of the molecule is Cc1cc(-c2nc3cc[nH]c(=O)c3cc2-c2ccccc2)ccc1CN1CCC(O)(c2cnn(-c3ccccn3)c2)CC1. The number of H-pyrrole nitrogens is 1. The summed E-state index contributed by atoms with van der Waals surface area (Å²) in [5, 5.41) is 16.5. The molecule has 1 aliphatic rings. The van der Waals surface area contributed by atoms with Crippen molar-refractivity contribution in [3.8, 4) is 28.2 Å². The number of pyridine rings is 3. The van der Waals surface area contributed by atoms with Crippen LogP contribution in [0.2, 0.25) is 0 Å². The number of piperidine rings is 1. The van der Waals surface area contributed by atoms with Crippen LogP contribution in [0.25, 0.3) is 39.1 Å². The third-order valence-corrected chi connectivity index (χ3v) is 8.53. The van der Waals surface area contributed by atoms with Gasteiger partial charge in [-0.25, -0.2) is 14.6 Å². The van der Waals surface area contributed by atoms with Crippen molar-refractivity contribution in [3.63, 3.8) is 0 Å². The maximum Gasteiger partial charge on any atom is 0.257 e. The highest BCUT2D eigenvalue weighted by atomic mass is 16.3. The Morgan fingerprint density at radius 3 is 2.53 bits per heavy atom. The van der Waals surface area contributed by atoms with Gasteiger partial charge in [-0.15, -0.1) is 0 Å². The van der Waals surface area contributed by atoms with Gasteiger partial charge >= 0.3 is 0 Å². The summed E-state index contributed by atoms with van der Waals surface area (Å²) in [6.45, 7) is 4.51. The zero-order valence-corrected chi connectivity index (χ0v) is 23.9. The lowest BCUT2D eigenvalue weighted by atomic mass is 9.86. The lowest BCUT2D eigenvalue weighted by Crippen LogP contribution is -2.42. The molecule has 2 N–H and O–H groups in total. The topological polar surface area (TPSA) is 99.9 Å². The van der Waals surface area contributed by atoms with Gasteiger partial charge in [0.05, 0.1) is 28.4 Å². The summed E-state index contributed by atoms with van der Waals surface area (Å²) in [6.07, 6.45) is 8.30. The average Bonchev–Trinajstić information content (AvgIpc) is 3.55. The number of hydrogen-bond donors (Lipinski definition) is 2. The van der Waals surface area contributed by atoms with Crippen LogP contribution < -0.4 is 5.56 Å². The molecule has 214 valence electrons. The number of nitrogens with one attached hydrogen (secondary N) is 1. The molecule has 0 spiro atoms. The first-order chi connectivity index (χ1) is 21.0. The molecule has 5 heterocycles. The summed E-state index contributed by atoms with van der Waals surface area (Å²) in [5.74, 6) is 0.733. The summed E-state index contributed by atoms with van der Waals surface area (Å²) in [7, 11) is 0. The molecule has 0 atom stereocenters. The number of benzene rings is 2. The second-order valence-corrected chi connectivity index (χ2v) is 11.3. The summed E-state index contributed by atoms with van der Waals surface area (Å²) in [5.41, 5.74) is 6.70. The van der Waals surface area contributed by atoms with Crippen LogP contribution in [0.1, 0.15) is 29.5 Å². The lowest BCUT2D eigenvalue weighted by Gasteiger charge is -2.38. The van der Waals surface area contributed by atoms with Gasteiger partial charge in [0.25, 0.3) is 5.56 Å². The Morgan fingerprint density at radius 2 is 1.77 bits per heavy atom. The predicted octanol–water partition coefficient (Wildman–Crippen LogP) is 5.63. The first-order valence-electron chi connectivity index (χ1n) is 14.6. The number of aromatic nitrogens is 5. The maximum absolute atomic E-state index is 12.6. The monoisotopic (exact) mass is 568 g/mol. The fraction of sp³-hybridized carbons (Fsp3) is 0.200. The van der Waals surface area contributed by atoms with Crippen LogP contribution in [0.15, 0.2) is 108 Å². The van der Waals surface area contributed by atoms with Crippen molar-refractivity contribution in [2.24, 2.45) is 0 Å². The molecule has 8 nitrogen and oxygen atoms in total. The molecule has 0 aliphatic carbocycles. The van der Waals surface area contributed by atoms with Gasteiger partial charge in [-0.2, -0.15) is 5.10 Å². The molecule has 4 aromatic heterocycles. The maximum atomic E-state index is 12.6.